The minimum atomic E-state index is 0.813. The number of benzene rings is 1. The summed E-state index contributed by atoms with van der Waals surface area (Å²) in [5.41, 5.74) is 3.56. The maximum Gasteiger partial charge on any atom is 0.104 e. The first-order valence-electron chi connectivity index (χ1n) is 7.20. The fourth-order valence-electron chi connectivity index (χ4n) is 2.35. The summed E-state index contributed by atoms with van der Waals surface area (Å²) in [5, 5.41) is 6.99. The number of H-pyrrole nitrogens is 1. The summed E-state index contributed by atoms with van der Waals surface area (Å²) in [4.78, 5) is 7.71. The van der Waals surface area contributed by atoms with E-state index in [9.17, 15) is 0 Å². The van der Waals surface area contributed by atoms with Gasteiger partial charge in [-0.2, -0.15) is 0 Å². The van der Waals surface area contributed by atoms with Gasteiger partial charge in [-0.15, -0.1) is 0 Å². The van der Waals surface area contributed by atoms with Crippen molar-refractivity contribution in [1.29, 1.82) is 0 Å². The summed E-state index contributed by atoms with van der Waals surface area (Å²) >= 11 is 0. The van der Waals surface area contributed by atoms with Crippen molar-refractivity contribution in [2.75, 3.05) is 19.6 Å². The van der Waals surface area contributed by atoms with E-state index in [4.69, 9.17) is 0 Å². The summed E-state index contributed by atoms with van der Waals surface area (Å²) in [6.07, 6.45) is 3.80. The monoisotopic (exact) mass is 258 g/mol. The predicted molar refractivity (Wildman–Crippen MR) is 78.4 cm³/mol. The molecule has 1 aliphatic carbocycles. The van der Waals surface area contributed by atoms with Gasteiger partial charge in [-0.25, -0.2) is 4.98 Å². The van der Waals surface area contributed by atoms with E-state index in [1.807, 2.05) is 6.92 Å². The standard InChI is InChI=1S/C15H22N4/c1-11-18-14-5-2-12(10-15(14)19-11)6-7-16-8-9-17-13-3-4-13/h2,5,10,13,16-17H,3-4,6-9H2,1H3,(H,18,19). The lowest BCUT2D eigenvalue weighted by Crippen LogP contribution is -2.29. The van der Waals surface area contributed by atoms with E-state index < -0.39 is 0 Å². The van der Waals surface area contributed by atoms with E-state index in [1.165, 1.54) is 18.4 Å². The van der Waals surface area contributed by atoms with Crippen molar-refractivity contribution in [2.45, 2.75) is 32.2 Å². The molecule has 1 saturated carbocycles. The Morgan fingerprint density at radius 1 is 1.26 bits per heavy atom. The van der Waals surface area contributed by atoms with Gasteiger partial charge >= 0.3 is 0 Å². The molecule has 0 atom stereocenters. The van der Waals surface area contributed by atoms with Gasteiger partial charge < -0.3 is 15.6 Å². The molecule has 19 heavy (non-hydrogen) atoms. The first-order valence-corrected chi connectivity index (χ1v) is 7.20. The number of imidazole rings is 1. The van der Waals surface area contributed by atoms with Crippen LogP contribution in [0.15, 0.2) is 18.2 Å². The van der Waals surface area contributed by atoms with E-state index in [0.717, 1.165) is 49.0 Å². The maximum atomic E-state index is 4.42. The molecule has 0 radical (unpaired) electrons. The minimum absolute atomic E-state index is 0.813. The topological polar surface area (TPSA) is 52.7 Å². The van der Waals surface area contributed by atoms with E-state index in [0.29, 0.717) is 0 Å². The zero-order valence-corrected chi connectivity index (χ0v) is 11.5. The van der Waals surface area contributed by atoms with Crippen LogP contribution < -0.4 is 10.6 Å². The Bertz CT molecular complexity index is 542. The first kappa shape index (κ1) is 12.6. The molecule has 0 bridgehead atoms. The highest BCUT2D eigenvalue weighted by Crippen LogP contribution is 2.17. The molecule has 0 spiro atoms. The second-order valence-electron chi connectivity index (χ2n) is 5.40. The summed E-state index contributed by atoms with van der Waals surface area (Å²) in [6, 6.07) is 7.29. The number of aryl methyl sites for hydroxylation is 1. The van der Waals surface area contributed by atoms with Crippen LogP contribution in [-0.4, -0.2) is 35.6 Å². The quantitative estimate of drug-likeness (QED) is 0.663. The molecular weight excluding hydrogens is 236 g/mol. The molecule has 1 aliphatic rings. The smallest absolute Gasteiger partial charge is 0.104 e. The van der Waals surface area contributed by atoms with Crippen LogP contribution in [0.2, 0.25) is 0 Å². The molecule has 4 nitrogen and oxygen atoms in total. The second kappa shape index (κ2) is 5.72. The Hall–Kier alpha value is -1.39. The molecule has 0 unspecified atom stereocenters. The summed E-state index contributed by atoms with van der Waals surface area (Å²) in [7, 11) is 0. The molecule has 0 amide bonds. The van der Waals surface area contributed by atoms with Crippen LogP contribution in [0.1, 0.15) is 24.2 Å². The Labute approximate surface area is 114 Å². The number of aromatic amines is 1. The van der Waals surface area contributed by atoms with Gasteiger partial charge in [-0.1, -0.05) is 6.07 Å². The molecule has 1 aromatic heterocycles. The van der Waals surface area contributed by atoms with Gasteiger partial charge in [0.15, 0.2) is 0 Å². The third kappa shape index (κ3) is 3.55. The number of nitrogens with zero attached hydrogens (tertiary/aromatic N) is 1. The van der Waals surface area contributed by atoms with E-state index in [1.54, 1.807) is 0 Å². The summed E-state index contributed by atoms with van der Waals surface area (Å²) in [5.74, 6) is 0.983. The Kier molecular flexibility index (Phi) is 3.80. The highest BCUT2D eigenvalue weighted by Gasteiger charge is 2.19. The largest absolute Gasteiger partial charge is 0.342 e. The van der Waals surface area contributed by atoms with Crippen molar-refractivity contribution in [2.24, 2.45) is 0 Å². The average molecular weight is 258 g/mol. The number of nitrogens with one attached hydrogen (secondary N) is 3. The molecule has 2 aromatic rings. The SMILES string of the molecule is Cc1nc2ccc(CCNCCNC3CC3)cc2[nH]1. The minimum Gasteiger partial charge on any atom is -0.342 e. The highest BCUT2D eigenvalue weighted by molar-refractivity contribution is 5.75. The third-order valence-electron chi connectivity index (χ3n) is 3.57. The normalized spacial score (nSPS) is 15.2. The Morgan fingerprint density at radius 3 is 3.00 bits per heavy atom. The van der Waals surface area contributed by atoms with Gasteiger partial charge in [0, 0.05) is 19.1 Å². The highest BCUT2D eigenvalue weighted by atomic mass is 15.0. The average Bonchev–Trinajstić information content (AvgIpc) is 3.14. The molecule has 1 fully saturated rings. The number of aromatic nitrogens is 2. The fourth-order valence-corrected chi connectivity index (χ4v) is 2.35. The van der Waals surface area contributed by atoms with Gasteiger partial charge in [0.2, 0.25) is 0 Å². The molecule has 0 saturated heterocycles. The Balaban J connectivity index is 1.42. The van der Waals surface area contributed by atoms with Gasteiger partial charge in [0.25, 0.3) is 0 Å². The van der Waals surface area contributed by atoms with Crippen LogP contribution in [0.4, 0.5) is 0 Å². The first-order chi connectivity index (χ1) is 9.31. The zero-order valence-electron chi connectivity index (χ0n) is 11.5. The van der Waals surface area contributed by atoms with Gasteiger partial charge in [0.1, 0.15) is 5.82 Å². The molecule has 3 rings (SSSR count). The number of fused-ring (bicyclic) bond motifs is 1. The number of hydrogen-bond donors (Lipinski definition) is 3. The molecular formula is C15H22N4. The molecule has 1 heterocycles. The van der Waals surface area contributed by atoms with Crippen molar-refractivity contribution in [1.82, 2.24) is 20.6 Å². The van der Waals surface area contributed by atoms with Gasteiger partial charge in [-0.3, -0.25) is 0 Å². The van der Waals surface area contributed by atoms with Crippen LogP contribution in [0.3, 0.4) is 0 Å². The van der Waals surface area contributed by atoms with E-state index >= 15 is 0 Å². The van der Waals surface area contributed by atoms with Crippen LogP contribution in [-0.2, 0) is 6.42 Å². The lowest BCUT2D eigenvalue weighted by molar-refractivity contribution is 0.609. The number of rotatable bonds is 7. The van der Waals surface area contributed by atoms with Crippen molar-refractivity contribution < 1.29 is 0 Å². The number of hydrogen-bond acceptors (Lipinski definition) is 3. The zero-order chi connectivity index (χ0) is 13.1. The van der Waals surface area contributed by atoms with E-state index in [2.05, 4.69) is 38.8 Å². The maximum absolute atomic E-state index is 4.42. The lowest BCUT2D eigenvalue weighted by atomic mass is 10.1. The van der Waals surface area contributed by atoms with Crippen LogP contribution in [0.25, 0.3) is 11.0 Å². The Morgan fingerprint density at radius 2 is 2.16 bits per heavy atom. The van der Waals surface area contributed by atoms with Gasteiger partial charge in [-0.05, 0) is 50.4 Å². The van der Waals surface area contributed by atoms with Crippen LogP contribution in [0.5, 0.6) is 0 Å². The fraction of sp³-hybridized carbons (Fsp3) is 0.533. The molecule has 102 valence electrons. The van der Waals surface area contributed by atoms with Crippen molar-refractivity contribution in [3.63, 3.8) is 0 Å². The summed E-state index contributed by atoms with van der Waals surface area (Å²) in [6.45, 7) is 5.17. The predicted octanol–water partition coefficient (Wildman–Crippen LogP) is 1.76. The van der Waals surface area contributed by atoms with Crippen molar-refractivity contribution in [3.8, 4) is 0 Å². The molecule has 3 N–H and O–H groups in total. The lowest BCUT2D eigenvalue weighted by Gasteiger charge is -2.06. The molecule has 1 aromatic carbocycles. The van der Waals surface area contributed by atoms with Crippen LogP contribution in [0, 0.1) is 6.92 Å². The molecule has 4 heteroatoms. The van der Waals surface area contributed by atoms with Crippen molar-refractivity contribution in [3.05, 3.63) is 29.6 Å². The molecule has 0 aliphatic heterocycles. The third-order valence-corrected chi connectivity index (χ3v) is 3.57. The van der Waals surface area contributed by atoms with Gasteiger partial charge in [0.05, 0.1) is 11.0 Å². The van der Waals surface area contributed by atoms with E-state index in [-0.39, 0.29) is 0 Å². The van der Waals surface area contributed by atoms with Crippen LogP contribution >= 0.6 is 0 Å². The van der Waals surface area contributed by atoms with Crippen molar-refractivity contribution >= 4 is 11.0 Å². The second-order valence-corrected chi connectivity index (χ2v) is 5.40. The summed E-state index contributed by atoms with van der Waals surface area (Å²) < 4.78 is 0.